The van der Waals surface area contributed by atoms with E-state index in [9.17, 15) is 9.59 Å². The topological polar surface area (TPSA) is 55.8 Å². The van der Waals surface area contributed by atoms with E-state index in [0.29, 0.717) is 5.75 Å². The van der Waals surface area contributed by atoms with Crippen LogP contribution in [0.4, 0.5) is 5.69 Å². The van der Waals surface area contributed by atoms with Crippen LogP contribution in [0.5, 0.6) is 5.75 Å². The summed E-state index contributed by atoms with van der Waals surface area (Å²) in [6.45, 7) is 12.2. The van der Waals surface area contributed by atoms with Gasteiger partial charge >= 0.3 is 5.97 Å². The van der Waals surface area contributed by atoms with Crippen LogP contribution in [0.1, 0.15) is 54.4 Å². The van der Waals surface area contributed by atoms with Crippen LogP contribution in [0.3, 0.4) is 0 Å². The molecule has 1 atom stereocenters. The fourth-order valence-electron chi connectivity index (χ4n) is 3.02. The van der Waals surface area contributed by atoms with Crippen LogP contribution in [0.15, 0.2) is 24.3 Å². The average molecular weight is 361 g/mol. The molecule has 26 heavy (non-hydrogen) atoms. The van der Waals surface area contributed by atoms with Crippen LogP contribution < -0.4 is 9.64 Å². The van der Waals surface area contributed by atoms with Crippen LogP contribution in [0.2, 0.25) is 0 Å². The van der Waals surface area contributed by atoms with Gasteiger partial charge in [0.1, 0.15) is 17.1 Å². The van der Waals surface area contributed by atoms with Crippen LogP contribution in [0.25, 0.3) is 0 Å². The molecule has 1 aromatic carbocycles. The van der Waals surface area contributed by atoms with Crippen LogP contribution in [-0.4, -0.2) is 36.0 Å². The highest BCUT2D eigenvalue weighted by atomic mass is 16.6. The second kappa shape index (κ2) is 7.68. The number of rotatable bonds is 5. The number of carbonyl (C=O) groups excluding carboxylic acids is 2. The van der Waals surface area contributed by atoms with Crippen molar-refractivity contribution < 1.29 is 19.1 Å². The highest BCUT2D eigenvalue weighted by Gasteiger charge is 2.35. The van der Waals surface area contributed by atoms with Crippen molar-refractivity contribution in [2.75, 3.05) is 18.0 Å². The van der Waals surface area contributed by atoms with Gasteiger partial charge in [-0.25, -0.2) is 4.79 Å². The van der Waals surface area contributed by atoms with Crippen molar-refractivity contribution in [2.45, 2.75) is 65.6 Å². The molecule has 1 heterocycles. The Kier molecular flexibility index (Phi) is 5.99. The Morgan fingerprint density at radius 2 is 1.85 bits per heavy atom. The average Bonchev–Trinajstić information content (AvgIpc) is 2.53. The fourth-order valence-corrected chi connectivity index (χ4v) is 3.02. The zero-order valence-electron chi connectivity index (χ0n) is 16.8. The summed E-state index contributed by atoms with van der Waals surface area (Å²) < 4.78 is 11.4. The maximum atomic E-state index is 12.4. The molecule has 1 saturated heterocycles. The van der Waals surface area contributed by atoms with E-state index < -0.39 is 17.2 Å². The minimum Gasteiger partial charge on any atom is -0.476 e. The molecule has 0 unspecified atom stereocenters. The van der Waals surface area contributed by atoms with Gasteiger partial charge in [0.25, 0.3) is 0 Å². The molecule has 1 aromatic rings. The number of hydrogen-bond donors (Lipinski definition) is 0. The Morgan fingerprint density at radius 1 is 1.15 bits per heavy atom. The predicted octanol–water partition coefficient (Wildman–Crippen LogP) is 3.99. The summed E-state index contributed by atoms with van der Waals surface area (Å²) in [6.07, 6.45) is 1.95. The monoisotopic (exact) mass is 361 g/mol. The van der Waals surface area contributed by atoms with E-state index in [1.807, 2.05) is 45.0 Å². The van der Waals surface area contributed by atoms with E-state index in [1.54, 1.807) is 20.8 Å². The minimum atomic E-state index is -1.09. The molecule has 0 radical (unpaired) electrons. The molecule has 1 aliphatic rings. The highest BCUT2D eigenvalue weighted by molar-refractivity contribution is 5.80. The zero-order chi connectivity index (χ0) is 19.5. The number of benzene rings is 1. The van der Waals surface area contributed by atoms with E-state index in [0.717, 1.165) is 31.6 Å². The van der Waals surface area contributed by atoms with Gasteiger partial charge in [0.15, 0.2) is 5.60 Å². The van der Waals surface area contributed by atoms with Gasteiger partial charge in [-0.1, -0.05) is 6.07 Å². The zero-order valence-corrected chi connectivity index (χ0v) is 16.8. The maximum absolute atomic E-state index is 12.4. The first-order chi connectivity index (χ1) is 12.0. The van der Waals surface area contributed by atoms with E-state index in [2.05, 4.69) is 4.90 Å². The van der Waals surface area contributed by atoms with E-state index in [4.69, 9.17) is 9.47 Å². The van der Waals surface area contributed by atoms with Crippen molar-refractivity contribution in [3.63, 3.8) is 0 Å². The molecule has 0 spiro atoms. The summed E-state index contributed by atoms with van der Waals surface area (Å²) >= 11 is 0. The molecule has 0 aromatic heterocycles. The van der Waals surface area contributed by atoms with Crippen molar-refractivity contribution in [1.29, 1.82) is 0 Å². The van der Waals surface area contributed by atoms with Gasteiger partial charge in [0.05, 0.1) is 0 Å². The number of ketones is 1. The lowest BCUT2D eigenvalue weighted by Gasteiger charge is -2.34. The lowest BCUT2D eigenvalue weighted by atomic mass is 9.94. The molecule has 0 saturated carbocycles. The van der Waals surface area contributed by atoms with E-state index >= 15 is 0 Å². The van der Waals surface area contributed by atoms with Crippen molar-refractivity contribution in [1.82, 2.24) is 0 Å². The number of anilines is 1. The van der Waals surface area contributed by atoms with Crippen molar-refractivity contribution >= 4 is 17.4 Å². The first-order valence-corrected chi connectivity index (χ1v) is 9.26. The second-order valence-corrected chi connectivity index (χ2v) is 8.51. The van der Waals surface area contributed by atoms with Gasteiger partial charge in [-0.3, -0.25) is 4.79 Å². The molecular formula is C21H31NO4. The molecule has 0 aliphatic carbocycles. The standard InChI is InChI=1S/C21H31NO4/c1-15(23)16-9-8-12-22(14-16)17-10-7-11-18(13-17)25-21(5,6)19(24)26-20(2,3)4/h7,10-11,13,16H,8-9,12,14H2,1-6H3/t16-/m0/s1. The summed E-state index contributed by atoms with van der Waals surface area (Å²) in [4.78, 5) is 26.3. The molecule has 1 fully saturated rings. The van der Waals surface area contributed by atoms with Crippen molar-refractivity contribution in [3.8, 4) is 5.75 Å². The third-order valence-electron chi connectivity index (χ3n) is 4.44. The molecule has 0 bridgehead atoms. The molecule has 2 rings (SSSR count). The largest absolute Gasteiger partial charge is 0.476 e. The van der Waals surface area contributed by atoms with E-state index in [1.165, 1.54) is 0 Å². The van der Waals surface area contributed by atoms with Gasteiger partial charge in [-0.2, -0.15) is 0 Å². The number of carbonyl (C=O) groups is 2. The van der Waals surface area contributed by atoms with Crippen LogP contribution >= 0.6 is 0 Å². The molecule has 5 nitrogen and oxygen atoms in total. The predicted molar refractivity (Wildman–Crippen MR) is 103 cm³/mol. The van der Waals surface area contributed by atoms with Gasteiger partial charge in [-0.15, -0.1) is 0 Å². The minimum absolute atomic E-state index is 0.0894. The quantitative estimate of drug-likeness (QED) is 0.742. The number of Topliss-reactive ketones (excluding diaryl/α,β-unsaturated/α-hetero) is 1. The SMILES string of the molecule is CC(=O)[C@H]1CCCN(c2cccc(OC(C)(C)C(=O)OC(C)(C)C)c2)C1. The number of esters is 1. The van der Waals surface area contributed by atoms with Gasteiger partial charge in [0, 0.05) is 30.8 Å². The lowest BCUT2D eigenvalue weighted by molar-refractivity contribution is -0.170. The second-order valence-electron chi connectivity index (χ2n) is 8.51. The van der Waals surface area contributed by atoms with Crippen molar-refractivity contribution in [3.05, 3.63) is 24.3 Å². The van der Waals surface area contributed by atoms with Crippen LogP contribution in [0, 0.1) is 5.92 Å². The smallest absolute Gasteiger partial charge is 0.350 e. The third kappa shape index (κ3) is 5.48. The summed E-state index contributed by atoms with van der Waals surface area (Å²) in [5.74, 6) is 0.549. The number of piperidine rings is 1. The highest BCUT2D eigenvalue weighted by Crippen LogP contribution is 2.29. The molecule has 1 aliphatic heterocycles. The molecular weight excluding hydrogens is 330 g/mol. The van der Waals surface area contributed by atoms with Gasteiger partial charge in [-0.05, 0) is 66.5 Å². The Hall–Kier alpha value is -2.04. The summed E-state index contributed by atoms with van der Waals surface area (Å²) in [5, 5.41) is 0. The van der Waals surface area contributed by atoms with Gasteiger partial charge < -0.3 is 14.4 Å². The maximum Gasteiger partial charge on any atom is 0.350 e. The van der Waals surface area contributed by atoms with Gasteiger partial charge in [0.2, 0.25) is 0 Å². The molecule has 0 amide bonds. The Labute approximate surface area is 156 Å². The lowest BCUT2D eigenvalue weighted by Crippen LogP contribution is -2.43. The Morgan fingerprint density at radius 3 is 2.46 bits per heavy atom. The normalized spacial score (nSPS) is 18.4. The Balaban J connectivity index is 2.11. The van der Waals surface area contributed by atoms with Crippen molar-refractivity contribution in [2.24, 2.45) is 5.92 Å². The molecule has 144 valence electrons. The Bertz CT molecular complexity index is 660. The van der Waals surface area contributed by atoms with E-state index in [-0.39, 0.29) is 11.7 Å². The molecule has 5 heteroatoms. The number of nitrogens with zero attached hydrogens (tertiary/aromatic N) is 1. The summed E-state index contributed by atoms with van der Waals surface area (Å²) in [7, 11) is 0. The first kappa shape index (κ1) is 20.3. The fraction of sp³-hybridized carbons (Fsp3) is 0.619. The first-order valence-electron chi connectivity index (χ1n) is 9.26. The number of ether oxygens (including phenoxy) is 2. The third-order valence-corrected chi connectivity index (χ3v) is 4.44. The summed E-state index contributed by atoms with van der Waals surface area (Å²) in [6, 6.07) is 7.68. The summed E-state index contributed by atoms with van der Waals surface area (Å²) in [5.41, 5.74) is -0.640. The number of hydrogen-bond acceptors (Lipinski definition) is 5. The van der Waals surface area contributed by atoms with Crippen LogP contribution in [-0.2, 0) is 14.3 Å². The molecule has 0 N–H and O–H groups in total.